The molecule has 0 bridgehead atoms. The van der Waals surface area contributed by atoms with Gasteiger partial charge in [-0.15, -0.1) is 0 Å². The fraction of sp³-hybridized carbons (Fsp3) is 0.545. The van der Waals surface area contributed by atoms with E-state index in [4.69, 9.17) is 4.52 Å². The molecule has 0 aliphatic heterocycles. The van der Waals surface area contributed by atoms with Crippen molar-refractivity contribution < 1.29 is 12.9 Å². The largest absolute Gasteiger partial charge is 0.338 e. The van der Waals surface area contributed by atoms with Gasteiger partial charge in [0.2, 0.25) is 5.89 Å². The lowest BCUT2D eigenvalue weighted by molar-refractivity contribution is 0.349. The van der Waals surface area contributed by atoms with Gasteiger partial charge in [-0.05, 0) is 13.8 Å². The third-order valence-electron chi connectivity index (χ3n) is 2.86. The van der Waals surface area contributed by atoms with Gasteiger partial charge in [-0.2, -0.15) is 9.71 Å². The van der Waals surface area contributed by atoms with Crippen molar-refractivity contribution in [2.24, 2.45) is 7.05 Å². The molecule has 0 spiro atoms. The van der Waals surface area contributed by atoms with E-state index in [9.17, 15) is 8.42 Å². The summed E-state index contributed by atoms with van der Waals surface area (Å²) in [6, 6.07) is -0.616. The second-order valence-corrected chi connectivity index (χ2v) is 6.14. The Morgan fingerprint density at radius 2 is 2.15 bits per heavy atom. The SMILES string of the molecule is CCc1noc([C@@H](C)NS(=O)(=O)c2cn(C)c(C)n2)n1. The third-order valence-corrected chi connectivity index (χ3v) is 4.28. The Kier molecular flexibility index (Phi) is 3.91. The lowest BCUT2D eigenvalue weighted by Crippen LogP contribution is -2.27. The zero-order valence-corrected chi connectivity index (χ0v) is 12.6. The van der Waals surface area contributed by atoms with Gasteiger partial charge in [-0.3, -0.25) is 0 Å². The van der Waals surface area contributed by atoms with Gasteiger partial charge < -0.3 is 9.09 Å². The molecule has 8 nitrogen and oxygen atoms in total. The first kappa shape index (κ1) is 14.7. The van der Waals surface area contributed by atoms with Crippen LogP contribution in [-0.2, 0) is 23.5 Å². The van der Waals surface area contributed by atoms with Crippen LogP contribution in [0.1, 0.15) is 37.4 Å². The second kappa shape index (κ2) is 5.33. The molecule has 0 saturated carbocycles. The minimum absolute atomic E-state index is 0.0282. The minimum atomic E-state index is -3.72. The van der Waals surface area contributed by atoms with Crippen molar-refractivity contribution in [3.63, 3.8) is 0 Å². The molecule has 2 heterocycles. The Morgan fingerprint density at radius 3 is 2.65 bits per heavy atom. The van der Waals surface area contributed by atoms with E-state index >= 15 is 0 Å². The highest BCUT2D eigenvalue weighted by molar-refractivity contribution is 7.89. The van der Waals surface area contributed by atoms with Crippen LogP contribution in [0.15, 0.2) is 15.7 Å². The summed E-state index contributed by atoms with van der Waals surface area (Å²) in [4.78, 5) is 8.09. The molecular formula is C11H17N5O3S. The Bertz CT molecular complexity index is 684. The average Bonchev–Trinajstić information content (AvgIpc) is 2.97. The van der Waals surface area contributed by atoms with Crippen LogP contribution in [0.5, 0.6) is 0 Å². The van der Waals surface area contributed by atoms with Gasteiger partial charge in [0.15, 0.2) is 10.9 Å². The van der Waals surface area contributed by atoms with Crippen molar-refractivity contribution in [3.05, 3.63) is 23.7 Å². The van der Waals surface area contributed by atoms with Gasteiger partial charge >= 0.3 is 0 Å². The summed E-state index contributed by atoms with van der Waals surface area (Å²) in [6.45, 7) is 5.26. The topological polar surface area (TPSA) is 103 Å². The van der Waals surface area contributed by atoms with Gasteiger partial charge in [-0.25, -0.2) is 13.4 Å². The molecule has 0 unspecified atom stereocenters. The van der Waals surface area contributed by atoms with Crippen LogP contribution in [0.4, 0.5) is 0 Å². The Labute approximate surface area is 117 Å². The number of sulfonamides is 1. The molecule has 2 rings (SSSR count). The molecule has 0 saturated heterocycles. The number of nitrogens with zero attached hydrogens (tertiary/aromatic N) is 4. The van der Waals surface area contributed by atoms with Crippen LogP contribution in [0.25, 0.3) is 0 Å². The quantitative estimate of drug-likeness (QED) is 0.872. The van der Waals surface area contributed by atoms with Crippen LogP contribution < -0.4 is 4.72 Å². The molecule has 2 aromatic rings. The van der Waals surface area contributed by atoms with E-state index < -0.39 is 16.1 Å². The maximum Gasteiger partial charge on any atom is 0.260 e. The van der Waals surface area contributed by atoms with Crippen LogP contribution in [0.3, 0.4) is 0 Å². The van der Waals surface area contributed by atoms with E-state index in [1.807, 2.05) is 6.92 Å². The van der Waals surface area contributed by atoms with Crippen LogP contribution >= 0.6 is 0 Å². The van der Waals surface area contributed by atoms with Gasteiger partial charge in [0.25, 0.3) is 10.0 Å². The number of hydrogen-bond donors (Lipinski definition) is 1. The molecule has 2 aromatic heterocycles. The maximum absolute atomic E-state index is 12.2. The first-order valence-electron chi connectivity index (χ1n) is 6.18. The van der Waals surface area contributed by atoms with Gasteiger partial charge in [0.05, 0.1) is 6.04 Å². The lowest BCUT2D eigenvalue weighted by Gasteiger charge is -2.08. The number of hydrogen-bond acceptors (Lipinski definition) is 6. The predicted molar refractivity (Wildman–Crippen MR) is 70.4 cm³/mol. The Hall–Kier alpha value is -1.74. The zero-order valence-electron chi connectivity index (χ0n) is 11.8. The zero-order chi connectivity index (χ0) is 14.9. The maximum atomic E-state index is 12.2. The Balaban J connectivity index is 2.19. The van der Waals surface area contributed by atoms with Gasteiger partial charge in [0, 0.05) is 19.7 Å². The highest BCUT2D eigenvalue weighted by Crippen LogP contribution is 2.15. The molecule has 0 amide bonds. The predicted octanol–water partition coefficient (Wildman–Crippen LogP) is 0.713. The van der Waals surface area contributed by atoms with Crippen molar-refractivity contribution in [1.82, 2.24) is 24.4 Å². The van der Waals surface area contributed by atoms with Gasteiger partial charge in [-0.1, -0.05) is 12.1 Å². The van der Waals surface area contributed by atoms with E-state index in [2.05, 4.69) is 19.8 Å². The van der Waals surface area contributed by atoms with Crippen molar-refractivity contribution >= 4 is 10.0 Å². The standard InChI is InChI=1S/C11H17N5O3S/c1-5-9-13-11(19-14-9)7(2)15-20(17,18)10-6-16(4)8(3)12-10/h6-7,15H,5H2,1-4H3/t7-/m1/s1. The first-order chi connectivity index (χ1) is 9.33. The van der Waals surface area contributed by atoms with Crippen LogP contribution in [-0.4, -0.2) is 28.1 Å². The second-order valence-electron chi connectivity index (χ2n) is 4.48. The summed E-state index contributed by atoms with van der Waals surface area (Å²) in [5.41, 5.74) is 0. The fourth-order valence-corrected chi connectivity index (χ4v) is 2.82. The van der Waals surface area contributed by atoms with Crippen molar-refractivity contribution in [3.8, 4) is 0 Å². The summed E-state index contributed by atoms with van der Waals surface area (Å²) in [5.74, 6) is 1.39. The van der Waals surface area contributed by atoms with E-state index in [0.717, 1.165) is 0 Å². The minimum Gasteiger partial charge on any atom is -0.338 e. The molecule has 1 atom stereocenters. The third kappa shape index (κ3) is 2.88. The monoisotopic (exact) mass is 299 g/mol. The number of imidazole rings is 1. The highest BCUT2D eigenvalue weighted by Gasteiger charge is 2.24. The summed E-state index contributed by atoms with van der Waals surface area (Å²) in [5, 5.41) is 3.71. The first-order valence-corrected chi connectivity index (χ1v) is 7.66. The highest BCUT2D eigenvalue weighted by atomic mass is 32.2. The van der Waals surface area contributed by atoms with E-state index in [-0.39, 0.29) is 10.9 Å². The number of nitrogens with one attached hydrogen (secondary N) is 1. The fourth-order valence-electron chi connectivity index (χ4n) is 1.59. The Morgan fingerprint density at radius 1 is 1.45 bits per heavy atom. The van der Waals surface area contributed by atoms with Crippen molar-refractivity contribution in [1.29, 1.82) is 0 Å². The van der Waals surface area contributed by atoms with Crippen LogP contribution in [0.2, 0.25) is 0 Å². The summed E-state index contributed by atoms with van der Waals surface area (Å²) < 4.78 is 33.5. The number of aromatic nitrogens is 4. The molecule has 20 heavy (non-hydrogen) atoms. The van der Waals surface area contributed by atoms with Crippen molar-refractivity contribution in [2.45, 2.75) is 38.3 Å². The van der Waals surface area contributed by atoms with Crippen molar-refractivity contribution in [2.75, 3.05) is 0 Å². The van der Waals surface area contributed by atoms with E-state index in [0.29, 0.717) is 18.1 Å². The normalized spacial score (nSPS) is 13.6. The molecule has 110 valence electrons. The van der Waals surface area contributed by atoms with E-state index in [1.165, 1.54) is 6.20 Å². The average molecular weight is 299 g/mol. The molecule has 0 fully saturated rings. The summed E-state index contributed by atoms with van der Waals surface area (Å²) >= 11 is 0. The molecule has 1 N–H and O–H groups in total. The molecule has 9 heteroatoms. The number of aryl methyl sites for hydroxylation is 3. The summed E-state index contributed by atoms with van der Waals surface area (Å²) in [7, 11) is -1.98. The molecule has 0 aromatic carbocycles. The van der Waals surface area contributed by atoms with E-state index in [1.54, 1.807) is 25.5 Å². The van der Waals surface area contributed by atoms with Crippen LogP contribution in [0, 0.1) is 6.92 Å². The molecule has 0 aliphatic carbocycles. The summed E-state index contributed by atoms with van der Waals surface area (Å²) in [6.07, 6.45) is 2.08. The van der Waals surface area contributed by atoms with Gasteiger partial charge in [0.1, 0.15) is 5.82 Å². The molecule has 0 radical (unpaired) electrons. The molecular weight excluding hydrogens is 282 g/mol. The smallest absolute Gasteiger partial charge is 0.260 e. The molecule has 0 aliphatic rings. The lowest BCUT2D eigenvalue weighted by atomic mass is 10.4. The number of rotatable bonds is 5.